The van der Waals surface area contributed by atoms with Crippen LogP contribution in [0, 0.1) is 11.8 Å². The summed E-state index contributed by atoms with van der Waals surface area (Å²) in [6.45, 7) is 4.18. The van der Waals surface area contributed by atoms with Crippen molar-refractivity contribution in [2.75, 3.05) is 19.0 Å². The number of hydrogen-bond donors (Lipinski definition) is 1. The van der Waals surface area contributed by atoms with E-state index in [1.807, 2.05) is 14.1 Å². The molecule has 0 aliphatic heterocycles. The third-order valence-electron chi connectivity index (χ3n) is 4.55. The number of carboxylic acid groups (broad SMARTS) is 1. The highest BCUT2D eigenvalue weighted by atomic mass is 16.4. The Morgan fingerprint density at radius 2 is 1.46 bits per heavy atom. The van der Waals surface area contributed by atoms with Crippen molar-refractivity contribution in [1.29, 1.82) is 0 Å². The second kappa shape index (κ2) is 8.00. The number of anilines is 1. The topological polar surface area (TPSA) is 40.5 Å². The van der Waals surface area contributed by atoms with Crippen LogP contribution in [-0.4, -0.2) is 25.2 Å². The molecule has 0 fully saturated rings. The Labute approximate surface area is 144 Å². The smallest absolute Gasteiger partial charge is 0.303 e. The van der Waals surface area contributed by atoms with E-state index in [0.29, 0.717) is 5.92 Å². The molecule has 3 nitrogen and oxygen atoms in total. The van der Waals surface area contributed by atoms with E-state index < -0.39 is 5.97 Å². The normalized spacial score (nSPS) is 12.2. The molecule has 2 aromatic carbocycles. The fraction of sp³-hybridized carbons (Fsp3) is 0.381. The molecule has 1 unspecified atom stereocenters. The maximum atomic E-state index is 11.0. The summed E-state index contributed by atoms with van der Waals surface area (Å²) < 4.78 is 0. The van der Waals surface area contributed by atoms with Crippen LogP contribution in [0.15, 0.2) is 48.5 Å². The lowest BCUT2D eigenvalue weighted by atomic mass is 9.86. The quantitative estimate of drug-likeness (QED) is 0.801. The third-order valence-corrected chi connectivity index (χ3v) is 4.55. The summed E-state index contributed by atoms with van der Waals surface area (Å²) in [5, 5.41) is 9.06. The third kappa shape index (κ3) is 4.85. The highest BCUT2D eigenvalue weighted by Crippen LogP contribution is 2.25. The number of rotatable bonds is 7. The van der Waals surface area contributed by atoms with E-state index in [4.69, 9.17) is 5.11 Å². The Balaban J connectivity index is 2.10. The molecule has 0 aliphatic carbocycles. The number of benzene rings is 2. The summed E-state index contributed by atoms with van der Waals surface area (Å²) in [4.78, 5) is 13.1. The molecule has 1 atom stereocenters. The summed E-state index contributed by atoms with van der Waals surface area (Å²) in [6.07, 6.45) is 1.04. The SMILES string of the molecule is CC(C)C(CC(=O)O)Cc1ccc(-c2ccc(N(C)C)cc2)cc1. The largest absolute Gasteiger partial charge is 0.481 e. The molecular formula is C21H27NO2. The van der Waals surface area contributed by atoms with Crippen molar-refractivity contribution in [3.63, 3.8) is 0 Å². The lowest BCUT2D eigenvalue weighted by Crippen LogP contribution is -2.16. The van der Waals surface area contributed by atoms with Gasteiger partial charge in [-0.15, -0.1) is 0 Å². The van der Waals surface area contributed by atoms with E-state index in [2.05, 4.69) is 67.3 Å². The van der Waals surface area contributed by atoms with Crippen LogP contribution < -0.4 is 4.90 Å². The van der Waals surface area contributed by atoms with Crippen LogP contribution in [0.5, 0.6) is 0 Å². The zero-order valence-corrected chi connectivity index (χ0v) is 15.0. The van der Waals surface area contributed by atoms with Crippen molar-refractivity contribution in [3.8, 4) is 11.1 Å². The summed E-state index contributed by atoms with van der Waals surface area (Å²) in [7, 11) is 4.07. The monoisotopic (exact) mass is 325 g/mol. The molecule has 0 aromatic heterocycles. The van der Waals surface area contributed by atoms with Crippen LogP contribution >= 0.6 is 0 Å². The number of carboxylic acids is 1. The fourth-order valence-electron chi connectivity index (χ4n) is 2.86. The van der Waals surface area contributed by atoms with E-state index in [0.717, 1.165) is 6.42 Å². The maximum absolute atomic E-state index is 11.0. The van der Waals surface area contributed by atoms with Gasteiger partial charge in [0.1, 0.15) is 0 Å². The Hall–Kier alpha value is -2.29. The van der Waals surface area contributed by atoms with Crippen molar-refractivity contribution in [2.24, 2.45) is 11.8 Å². The summed E-state index contributed by atoms with van der Waals surface area (Å²) in [5.74, 6) is -0.182. The van der Waals surface area contributed by atoms with Gasteiger partial charge in [-0.1, -0.05) is 50.2 Å². The Kier molecular flexibility index (Phi) is 6.02. The maximum Gasteiger partial charge on any atom is 0.303 e. The first-order valence-electron chi connectivity index (χ1n) is 8.45. The minimum absolute atomic E-state index is 0.174. The second-order valence-electron chi connectivity index (χ2n) is 6.94. The Morgan fingerprint density at radius 1 is 0.958 bits per heavy atom. The van der Waals surface area contributed by atoms with Gasteiger partial charge in [-0.3, -0.25) is 4.79 Å². The van der Waals surface area contributed by atoms with Crippen LogP contribution in [0.25, 0.3) is 11.1 Å². The van der Waals surface area contributed by atoms with Gasteiger partial charge in [0.25, 0.3) is 0 Å². The van der Waals surface area contributed by atoms with Gasteiger partial charge in [0, 0.05) is 26.2 Å². The van der Waals surface area contributed by atoms with E-state index in [1.54, 1.807) is 0 Å². The Morgan fingerprint density at radius 3 is 1.88 bits per heavy atom. The predicted molar refractivity (Wildman–Crippen MR) is 100 cm³/mol. The van der Waals surface area contributed by atoms with Gasteiger partial charge in [0.05, 0.1) is 0 Å². The molecule has 2 aromatic rings. The molecule has 1 N–H and O–H groups in total. The standard InChI is InChI=1S/C21H27NO2/c1-15(2)19(14-21(23)24)13-16-5-7-17(8-6-16)18-9-11-20(12-10-18)22(3)4/h5-12,15,19H,13-14H2,1-4H3,(H,23,24). The van der Waals surface area contributed by atoms with Gasteiger partial charge in [-0.2, -0.15) is 0 Å². The molecule has 0 heterocycles. The van der Waals surface area contributed by atoms with Crippen molar-refractivity contribution in [1.82, 2.24) is 0 Å². The molecular weight excluding hydrogens is 298 g/mol. The number of carbonyl (C=O) groups is 1. The average molecular weight is 325 g/mol. The first kappa shape index (κ1) is 18.1. The number of nitrogens with zero attached hydrogens (tertiary/aromatic N) is 1. The van der Waals surface area contributed by atoms with E-state index in [1.165, 1.54) is 22.4 Å². The Bertz CT molecular complexity index is 657. The molecule has 0 saturated heterocycles. The van der Waals surface area contributed by atoms with Gasteiger partial charge in [0.2, 0.25) is 0 Å². The minimum atomic E-state index is -0.716. The average Bonchev–Trinajstić information content (AvgIpc) is 2.54. The molecule has 2 rings (SSSR count). The van der Waals surface area contributed by atoms with Crippen LogP contribution in [0.4, 0.5) is 5.69 Å². The van der Waals surface area contributed by atoms with Crippen molar-refractivity contribution >= 4 is 11.7 Å². The molecule has 24 heavy (non-hydrogen) atoms. The fourth-order valence-corrected chi connectivity index (χ4v) is 2.86. The van der Waals surface area contributed by atoms with Gasteiger partial charge < -0.3 is 10.0 Å². The van der Waals surface area contributed by atoms with Crippen LogP contribution in [0.1, 0.15) is 25.8 Å². The highest BCUT2D eigenvalue weighted by molar-refractivity contribution is 5.67. The first-order valence-corrected chi connectivity index (χ1v) is 8.45. The van der Waals surface area contributed by atoms with E-state index in [9.17, 15) is 4.79 Å². The van der Waals surface area contributed by atoms with Gasteiger partial charge in [0.15, 0.2) is 0 Å². The molecule has 0 spiro atoms. The zero-order valence-electron chi connectivity index (χ0n) is 15.0. The lowest BCUT2D eigenvalue weighted by Gasteiger charge is -2.19. The number of aliphatic carboxylic acids is 1. The van der Waals surface area contributed by atoms with Crippen molar-refractivity contribution < 1.29 is 9.90 Å². The highest BCUT2D eigenvalue weighted by Gasteiger charge is 2.17. The zero-order chi connectivity index (χ0) is 17.7. The summed E-state index contributed by atoms with van der Waals surface area (Å²) in [5.41, 5.74) is 4.76. The van der Waals surface area contributed by atoms with Gasteiger partial charge >= 0.3 is 5.97 Å². The molecule has 0 bridgehead atoms. The van der Waals surface area contributed by atoms with Crippen molar-refractivity contribution in [2.45, 2.75) is 26.7 Å². The van der Waals surface area contributed by atoms with Crippen LogP contribution in [0.2, 0.25) is 0 Å². The molecule has 0 radical (unpaired) electrons. The summed E-state index contributed by atoms with van der Waals surface area (Å²) >= 11 is 0. The predicted octanol–water partition coefficient (Wildman–Crippen LogP) is 4.71. The van der Waals surface area contributed by atoms with Gasteiger partial charge in [-0.05, 0) is 47.1 Å². The molecule has 0 saturated carbocycles. The first-order chi connectivity index (χ1) is 11.4. The minimum Gasteiger partial charge on any atom is -0.481 e. The van der Waals surface area contributed by atoms with Crippen LogP contribution in [0.3, 0.4) is 0 Å². The number of hydrogen-bond acceptors (Lipinski definition) is 2. The van der Waals surface area contributed by atoms with E-state index in [-0.39, 0.29) is 12.3 Å². The molecule has 0 amide bonds. The van der Waals surface area contributed by atoms with Crippen LogP contribution in [-0.2, 0) is 11.2 Å². The molecule has 0 aliphatic rings. The second-order valence-corrected chi connectivity index (χ2v) is 6.94. The van der Waals surface area contributed by atoms with E-state index >= 15 is 0 Å². The molecule has 128 valence electrons. The lowest BCUT2D eigenvalue weighted by molar-refractivity contribution is -0.138. The van der Waals surface area contributed by atoms with Gasteiger partial charge in [-0.25, -0.2) is 0 Å². The molecule has 3 heteroatoms. The van der Waals surface area contributed by atoms with Crippen molar-refractivity contribution in [3.05, 3.63) is 54.1 Å². The summed E-state index contributed by atoms with van der Waals surface area (Å²) in [6, 6.07) is 17.0.